The number of aromatic nitrogens is 6. The van der Waals surface area contributed by atoms with E-state index in [1.54, 1.807) is 12.4 Å². The van der Waals surface area contributed by atoms with Gasteiger partial charge in [0.05, 0.1) is 28.4 Å². The van der Waals surface area contributed by atoms with Crippen LogP contribution in [0.3, 0.4) is 0 Å². The number of benzene rings is 3. The van der Waals surface area contributed by atoms with Crippen molar-refractivity contribution in [2.45, 2.75) is 12.6 Å². The van der Waals surface area contributed by atoms with Gasteiger partial charge in [-0.1, -0.05) is 42.5 Å². The van der Waals surface area contributed by atoms with Gasteiger partial charge in [-0.2, -0.15) is 5.10 Å². The number of fused-ring (bicyclic) bond motifs is 2. The second-order valence-electron chi connectivity index (χ2n) is 11.3. The average molecular weight is 599 g/mol. The van der Waals surface area contributed by atoms with Gasteiger partial charge in [0.25, 0.3) is 0 Å². The molecule has 3 aromatic carbocycles. The van der Waals surface area contributed by atoms with Crippen molar-refractivity contribution < 1.29 is 9.13 Å². The third kappa shape index (κ3) is 5.88. The molecular weight excluding hydrogens is 567 g/mol. The highest BCUT2D eigenvalue weighted by molar-refractivity contribution is 5.96. The predicted molar refractivity (Wildman–Crippen MR) is 174 cm³/mol. The Balaban J connectivity index is 1.22. The summed E-state index contributed by atoms with van der Waals surface area (Å²) in [6.45, 7) is 1.04. The van der Waals surface area contributed by atoms with E-state index >= 15 is 0 Å². The van der Waals surface area contributed by atoms with Crippen molar-refractivity contribution in [2.75, 3.05) is 20.6 Å². The number of nitrogens with two attached hydrogens (primary N) is 1. The van der Waals surface area contributed by atoms with Crippen LogP contribution in [0.2, 0.25) is 0 Å². The molecule has 0 spiro atoms. The molecule has 45 heavy (non-hydrogen) atoms. The lowest BCUT2D eigenvalue weighted by molar-refractivity contribution is 0.305. The molecule has 10 heteroatoms. The number of ether oxygens (including phenoxy) is 1. The fourth-order valence-corrected chi connectivity index (χ4v) is 5.46. The molecule has 1 unspecified atom stereocenters. The summed E-state index contributed by atoms with van der Waals surface area (Å²) in [4.78, 5) is 19.6. The first-order chi connectivity index (χ1) is 21.9. The normalized spacial score (nSPS) is 12.3. The van der Waals surface area contributed by atoms with Crippen LogP contribution in [0.25, 0.3) is 56.0 Å². The second kappa shape index (κ2) is 11.9. The Labute approximate surface area is 258 Å². The zero-order valence-electron chi connectivity index (χ0n) is 24.8. The van der Waals surface area contributed by atoms with E-state index < -0.39 is 0 Å². The number of likely N-dealkylation sites (N-methyl/N-ethyl adjacent to an activating group) is 1. The molecule has 4 aromatic heterocycles. The monoisotopic (exact) mass is 598 g/mol. The van der Waals surface area contributed by atoms with Crippen molar-refractivity contribution in [2.24, 2.45) is 5.73 Å². The molecule has 9 nitrogen and oxygen atoms in total. The van der Waals surface area contributed by atoms with Gasteiger partial charge in [-0.3, -0.25) is 10.1 Å². The lowest BCUT2D eigenvalue weighted by Crippen LogP contribution is -2.26. The number of hydrogen-bond acceptors (Lipinski definition) is 7. The van der Waals surface area contributed by atoms with Crippen molar-refractivity contribution in [1.82, 2.24) is 35.0 Å². The number of hydrogen-bond donors (Lipinski definition) is 3. The van der Waals surface area contributed by atoms with Gasteiger partial charge < -0.3 is 20.4 Å². The Morgan fingerprint density at radius 1 is 0.867 bits per heavy atom. The number of imidazole rings is 1. The van der Waals surface area contributed by atoms with E-state index in [9.17, 15) is 4.39 Å². The zero-order valence-corrected chi connectivity index (χ0v) is 24.8. The van der Waals surface area contributed by atoms with Crippen molar-refractivity contribution in [3.8, 4) is 39.7 Å². The van der Waals surface area contributed by atoms with E-state index in [-0.39, 0.29) is 11.9 Å². The SMILES string of the molecule is CN(C)CC(N)c1cc(F)cc(-c2cccc3[nH]c(-c4n[nH]c5ccc(-c6cncc(OCc7ccccc7)c6)nc45)nc23)c1. The van der Waals surface area contributed by atoms with Crippen LogP contribution in [0.4, 0.5) is 4.39 Å². The molecule has 7 rings (SSSR count). The largest absolute Gasteiger partial charge is 0.487 e. The van der Waals surface area contributed by atoms with E-state index in [4.69, 9.17) is 20.4 Å². The molecule has 0 fully saturated rings. The number of H-pyrrole nitrogens is 2. The molecule has 0 aliphatic carbocycles. The van der Waals surface area contributed by atoms with E-state index in [0.717, 1.165) is 39.0 Å². The fourth-order valence-electron chi connectivity index (χ4n) is 5.46. The highest BCUT2D eigenvalue weighted by Gasteiger charge is 2.18. The number of para-hydroxylation sites is 1. The van der Waals surface area contributed by atoms with Crippen LogP contribution in [0.15, 0.2) is 97.3 Å². The number of rotatable bonds is 9. The zero-order chi connectivity index (χ0) is 30.9. The third-order valence-corrected chi connectivity index (χ3v) is 7.62. The molecule has 0 bridgehead atoms. The molecule has 0 aliphatic rings. The lowest BCUT2D eigenvalue weighted by Gasteiger charge is -2.18. The Bertz CT molecular complexity index is 2120. The van der Waals surface area contributed by atoms with Crippen LogP contribution in [0.1, 0.15) is 17.2 Å². The quantitative estimate of drug-likeness (QED) is 0.173. The van der Waals surface area contributed by atoms with Crippen LogP contribution < -0.4 is 10.5 Å². The number of nitrogens with one attached hydrogen (secondary N) is 2. The molecule has 0 saturated carbocycles. The summed E-state index contributed by atoms with van der Waals surface area (Å²) < 4.78 is 20.8. The van der Waals surface area contributed by atoms with Gasteiger partial charge in [0.2, 0.25) is 0 Å². The maximum atomic E-state index is 14.8. The summed E-state index contributed by atoms with van der Waals surface area (Å²) in [7, 11) is 3.89. The van der Waals surface area contributed by atoms with E-state index in [2.05, 4.69) is 20.2 Å². The summed E-state index contributed by atoms with van der Waals surface area (Å²) in [6.07, 6.45) is 3.45. The van der Waals surface area contributed by atoms with Crippen LogP contribution >= 0.6 is 0 Å². The minimum absolute atomic E-state index is 0.328. The number of halogens is 1. The highest BCUT2D eigenvalue weighted by Crippen LogP contribution is 2.33. The number of aromatic amines is 2. The maximum Gasteiger partial charge on any atom is 0.161 e. The van der Waals surface area contributed by atoms with Crippen molar-refractivity contribution in [3.63, 3.8) is 0 Å². The Kier molecular flexibility index (Phi) is 7.50. The molecule has 0 radical (unpaired) electrons. The first-order valence-electron chi connectivity index (χ1n) is 14.6. The minimum Gasteiger partial charge on any atom is -0.487 e. The molecule has 224 valence electrons. The molecular formula is C35H31FN8O. The number of nitrogens with zero attached hydrogens (tertiary/aromatic N) is 5. The first kappa shape index (κ1) is 28.3. The predicted octanol–water partition coefficient (Wildman–Crippen LogP) is 6.51. The molecule has 7 aromatic rings. The van der Waals surface area contributed by atoms with Gasteiger partial charge in [0, 0.05) is 29.9 Å². The molecule has 1 atom stereocenters. The summed E-state index contributed by atoms with van der Waals surface area (Å²) in [5.41, 5.74) is 14.7. The Hall–Kier alpha value is -5.45. The summed E-state index contributed by atoms with van der Waals surface area (Å²) in [5.74, 6) is 0.856. The molecule has 0 aliphatic heterocycles. The highest BCUT2D eigenvalue weighted by atomic mass is 19.1. The summed E-state index contributed by atoms with van der Waals surface area (Å²) in [6, 6.07) is 26.2. The smallest absolute Gasteiger partial charge is 0.161 e. The lowest BCUT2D eigenvalue weighted by atomic mass is 9.98. The maximum absolute atomic E-state index is 14.8. The number of pyridine rings is 2. The Morgan fingerprint density at radius 2 is 1.73 bits per heavy atom. The Morgan fingerprint density at radius 3 is 2.58 bits per heavy atom. The minimum atomic E-state index is -0.344. The standard InChI is InChI=1S/C35H31FN8O/c1-44(2)19-28(37)23-13-22(14-25(36)15-23)27-9-6-10-30-32(27)41-35(40-30)34-33-31(42-43-34)12-11-29(39-33)24-16-26(18-38-17-24)45-20-21-7-4-3-5-8-21/h3-18,28H,19-20,37H2,1-2H3,(H,40,41)(H,42,43). The third-order valence-electron chi connectivity index (χ3n) is 7.62. The van der Waals surface area contributed by atoms with Crippen molar-refractivity contribution >= 4 is 22.1 Å². The van der Waals surface area contributed by atoms with Gasteiger partial charge in [0.1, 0.15) is 23.7 Å². The van der Waals surface area contributed by atoms with Crippen LogP contribution in [-0.4, -0.2) is 55.7 Å². The van der Waals surface area contributed by atoms with Crippen LogP contribution in [0.5, 0.6) is 5.75 Å². The van der Waals surface area contributed by atoms with Gasteiger partial charge in [-0.05, 0) is 73.3 Å². The fraction of sp³-hybridized carbons (Fsp3) is 0.143. The van der Waals surface area contributed by atoms with Gasteiger partial charge in [-0.25, -0.2) is 14.4 Å². The first-order valence-corrected chi connectivity index (χ1v) is 14.6. The molecule has 0 amide bonds. The topological polar surface area (TPSA) is 122 Å². The van der Waals surface area contributed by atoms with Gasteiger partial charge in [0.15, 0.2) is 11.5 Å². The average Bonchev–Trinajstić information content (AvgIpc) is 3.68. The van der Waals surface area contributed by atoms with Crippen molar-refractivity contribution in [1.29, 1.82) is 0 Å². The summed E-state index contributed by atoms with van der Waals surface area (Å²) >= 11 is 0. The van der Waals surface area contributed by atoms with Crippen LogP contribution in [-0.2, 0) is 6.61 Å². The van der Waals surface area contributed by atoms with E-state index in [1.165, 1.54) is 12.1 Å². The second-order valence-corrected chi connectivity index (χ2v) is 11.3. The van der Waals surface area contributed by atoms with E-state index in [1.807, 2.05) is 91.8 Å². The van der Waals surface area contributed by atoms with Crippen LogP contribution in [0, 0.1) is 5.82 Å². The van der Waals surface area contributed by atoms with Crippen molar-refractivity contribution in [3.05, 3.63) is 114 Å². The molecule has 4 heterocycles. The van der Waals surface area contributed by atoms with Gasteiger partial charge in [-0.15, -0.1) is 0 Å². The van der Waals surface area contributed by atoms with Gasteiger partial charge >= 0.3 is 0 Å². The molecule has 4 N–H and O–H groups in total. The van der Waals surface area contributed by atoms with E-state index in [0.29, 0.717) is 47.0 Å². The molecule has 0 saturated heterocycles. The summed E-state index contributed by atoms with van der Waals surface area (Å²) in [5, 5.41) is 7.62.